The number of Topliss-reactive ketones (excluding diaryl/α,β-unsaturated/α-hetero) is 1. The van der Waals surface area contributed by atoms with E-state index in [-0.39, 0.29) is 11.7 Å². The molecule has 0 saturated heterocycles. The number of para-hydroxylation sites is 1. The maximum Gasteiger partial charge on any atom is 0.170 e. The molecule has 1 aliphatic carbocycles. The second kappa shape index (κ2) is 5.03. The molecule has 0 aromatic heterocycles. The fourth-order valence-electron chi connectivity index (χ4n) is 3.55. The molecule has 0 atom stereocenters. The van der Waals surface area contributed by atoms with Crippen LogP contribution in [0.4, 0.5) is 0 Å². The van der Waals surface area contributed by atoms with Crippen molar-refractivity contribution in [2.75, 3.05) is 6.61 Å². The predicted molar refractivity (Wildman–Crippen MR) is 81.9 cm³/mol. The number of rotatable bonds is 2. The van der Waals surface area contributed by atoms with E-state index in [1.807, 2.05) is 12.1 Å². The highest BCUT2D eigenvalue weighted by Gasteiger charge is 2.30. The lowest BCUT2D eigenvalue weighted by molar-refractivity contribution is 0.0919. The number of hydrogen-bond acceptors (Lipinski definition) is 2. The third kappa shape index (κ3) is 2.15. The first kappa shape index (κ1) is 12.6. The van der Waals surface area contributed by atoms with Gasteiger partial charge in [0.2, 0.25) is 0 Å². The van der Waals surface area contributed by atoms with Gasteiger partial charge in [0, 0.05) is 5.92 Å². The first-order valence-corrected chi connectivity index (χ1v) is 7.68. The summed E-state index contributed by atoms with van der Waals surface area (Å²) in [5.41, 5.74) is 4.61. The Morgan fingerprint density at radius 2 is 1.67 bits per heavy atom. The molecule has 2 aromatic carbocycles. The molecule has 1 aliphatic heterocycles. The number of benzene rings is 2. The fraction of sp³-hybridized carbons (Fsp3) is 0.316. The van der Waals surface area contributed by atoms with E-state index in [0.29, 0.717) is 0 Å². The number of carbonyl (C=O) groups is 1. The summed E-state index contributed by atoms with van der Waals surface area (Å²) in [5.74, 6) is 1.15. The topological polar surface area (TPSA) is 26.3 Å². The van der Waals surface area contributed by atoms with Crippen LogP contribution < -0.4 is 4.74 Å². The third-order valence-electron chi connectivity index (χ3n) is 4.62. The van der Waals surface area contributed by atoms with Crippen molar-refractivity contribution in [2.45, 2.75) is 25.7 Å². The number of ketones is 1. The van der Waals surface area contributed by atoms with Crippen LogP contribution in [-0.2, 0) is 19.3 Å². The minimum Gasteiger partial charge on any atom is -0.493 e. The predicted octanol–water partition coefficient (Wildman–Crippen LogP) is 3.61. The van der Waals surface area contributed by atoms with Gasteiger partial charge in [-0.25, -0.2) is 0 Å². The number of carbonyl (C=O) groups excluding carboxylic acids is 1. The van der Waals surface area contributed by atoms with Crippen molar-refractivity contribution in [3.63, 3.8) is 0 Å². The zero-order valence-corrected chi connectivity index (χ0v) is 12.0. The molecular formula is C19H18O2. The van der Waals surface area contributed by atoms with Gasteiger partial charge in [-0.1, -0.05) is 36.4 Å². The van der Waals surface area contributed by atoms with Crippen LogP contribution in [0.2, 0.25) is 0 Å². The summed E-state index contributed by atoms with van der Waals surface area (Å²) in [4.78, 5) is 12.9. The lowest BCUT2D eigenvalue weighted by Gasteiger charge is -2.21. The molecule has 0 unspecified atom stereocenters. The standard InChI is InChI=1S/C19H18O2/c20-18(16-11-14-5-1-2-6-15(14)12-16)17-9-3-7-13-8-4-10-21-19(13)17/h1-3,5-7,9,16H,4,8,10-12H2. The van der Waals surface area contributed by atoms with E-state index in [9.17, 15) is 4.79 Å². The van der Waals surface area contributed by atoms with E-state index >= 15 is 0 Å². The van der Waals surface area contributed by atoms with Crippen LogP contribution in [0.1, 0.15) is 33.5 Å². The van der Waals surface area contributed by atoms with Gasteiger partial charge in [-0.2, -0.15) is 0 Å². The molecule has 106 valence electrons. The Bertz CT molecular complexity index is 677. The Morgan fingerprint density at radius 3 is 2.43 bits per heavy atom. The Hall–Kier alpha value is -2.09. The maximum atomic E-state index is 12.9. The summed E-state index contributed by atoms with van der Waals surface area (Å²) in [6.07, 6.45) is 3.78. The molecule has 0 bridgehead atoms. The third-order valence-corrected chi connectivity index (χ3v) is 4.62. The van der Waals surface area contributed by atoms with Gasteiger partial charge in [-0.05, 0) is 48.4 Å². The molecular weight excluding hydrogens is 260 g/mol. The second-order valence-electron chi connectivity index (χ2n) is 5.98. The minimum atomic E-state index is 0.0689. The zero-order chi connectivity index (χ0) is 14.2. The molecule has 21 heavy (non-hydrogen) atoms. The van der Waals surface area contributed by atoms with E-state index in [0.717, 1.165) is 43.6 Å². The summed E-state index contributed by atoms with van der Waals surface area (Å²) >= 11 is 0. The SMILES string of the molecule is O=C(c1cccc2c1OCCC2)C1Cc2ccccc2C1. The van der Waals surface area contributed by atoms with Gasteiger partial charge in [-0.3, -0.25) is 4.79 Å². The van der Waals surface area contributed by atoms with E-state index < -0.39 is 0 Å². The Kier molecular flexibility index (Phi) is 3.03. The van der Waals surface area contributed by atoms with Gasteiger partial charge in [-0.15, -0.1) is 0 Å². The zero-order valence-electron chi connectivity index (χ0n) is 12.0. The molecule has 2 nitrogen and oxygen atoms in total. The van der Waals surface area contributed by atoms with Crippen molar-refractivity contribution < 1.29 is 9.53 Å². The van der Waals surface area contributed by atoms with Crippen molar-refractivity contribution in [3.05, 3.63) is 64.7 Å². The smallest absolute Gasteiger partial charge is 0.170 e. The van der Waals surface area contributed by atoms with Gasteiger partial charge in [0.15, 0.2) is 5.78 Å². The Balaban J connectivity index is 1.65. The highest BCUT2D eigenvalue weighted by atomic mass is 16.5. The average Bonchev–Trinajstić information content (AvgIpc) is 2.97. The normalized spacial score (nSPS) is 17.0. The van der Waals surface area contributed by atoms with Gasteiger partial charge >= 0.3 is 0 Å². The van der Waals surface area contributed by atoms with Crippen LogP contribution in [0.15, 0.2) is 42.5 Å². The molecule has 0 amide bonds. The van der Waals surface area contributed by atoms with E-state index in [2.05, 4.69) is 30.3 Å². The summed E-state index contributed by atoms with van der Waals surface area (Å²) in [7, 11) is 0. The highest BCUT2D eigenvalue weighted by molar-refractivity contribution is 6.01. The number of ether oxygens (including phenoxy) is 1. The van der Waals surface area contributed by atoms with Crippen LogP contribution in [0, 0.1) is 5.92 Å². The van der Waals surface area contributed by atoms with Crippen LogP contribution in [0.5, 0.6) is 5.75 Å². The molecule has 0 radical (unpaired) electrons. The van der Waals surface area contributed by atoms with Crippen molar-refractivity contribution in [3.8, 4) is 5.75 Å². The summed E-state index contributed by atoms with van der Waals surface area (Å²) < 4.78 is 5.79. The summed E-state index contributed by atoms with van der Waals surface area (Å²) in [5, 5.41) is 0. The summed E-state index contributed by atoms with van der Waals surface area (Å²) in [6.45, 7) is 0.724. The monoisotopic (exact) mass is 278 g/mol. The number of hydrogen-bond donors (Lipinski definition) is 0. The van der Waals surface area contributed by atoms with Gasteiger partial charge < -0.3 is 4.74 Å². The Labute approximate surface area is 124 Å². The lowest BCUT2D eigenvalue weighted by Crippen LogP contribution is -2.19. The highest BCUT2D eigenvalue weighted by Crippen LogP contribution is 2.34. The van der Waals surface area contributed by atoms with Crippen LogP contribution >= 0.6 is 0 Å². The molecule has 2 heteroatoms. The van der Waals surface area contributed by atoms with Crippen molar-refractivity contribution in [2.24, 2.45) is 5.92 Å². The van der Waals surface area contributed by atoms with E-state index in [1.54, 1.807) is 0 Å². The lowest BCUT2D eigenvalue weighted by atomic mass is 9.92. The molecule has 0 spiro atoms. The molecule has 2 aliphatic rings. The van der Waals surface area contributed by atoms with Crippen molar-refractivity contribution >= 4 is 5.78 Å². The van der Waals surface area contributed by atoms with E-state index in [1.165, 1.54) is 16.7 Å². The molecule has 4 rings (SSSR count). The minimum absolute atomic E-state index is 0.0689. The first-order chi connectivity index (χ1) is 10.3. The first-order valence-electron chi connectivity index (χ1n) is 7.68. The maximum absolute atomic E-state index is 12.9. The number of aryl methyl sites for hydroxylation is 1. The molecule has 0 saturated carbocycles. The molecule has 1 heterocycles. The molecule has 0 fully saturated rings. The molecule has 2 aromatic rings. The van der Waals surface area contributed by atoms with Crippen molar-refractivity contribution in [1.29, 1.82) is 0 Å². The van der Waals surface area contributed by atoms with Crippen molar-refractivity contribution in [1.82, 2.24) is 0 Å². The summed E-state index contributed by atoms with van der Waals surface area (Å²) in [6, 6.07) is 14.4. The molecule has 0 N–H and O–H groups in total. The van der Waals surface area contributed by atoms with Gasteiger partial charge in [0.1, 0.15) is 5.75 Å². The fourth-order valence-corrected chi connectivity index (χ4v) is 3.55. The van der Waals surface area contributed by atoms with Gasteiger partial charge in [0.05, 0.1) is 12.2 Å². The van der Waals surface area contributed by atoms with E-state index in [4.69, 9.17) is 4.74 Å². The quantitative estimate of drug-likeness (QED) is 0.784. The van der Waals surface area contributed by atoms with Crippen LogP contribution in [-0.4, -0.2) is 12.4 Å². The second-order valence-corrected chi connectivity index (χ2v) is 5.98. The Morgan fingerprint density at radius 1 is 0.952 bits per heavy atom. The van der Waals surface area contributed by atoms with Gasteiger partial charge in [0.25, 0.3) is 0 Å². The van der Waals surface area contributed by atoms with Crippen LogP contribution in [0.3, 0.4) is 0 Å². The van der Waals surface area contributed by atoms with Crippen LogP contribution in [0.25, 0.3) is 0 Å². The average molecular weight is 278 g/mol. The largest absolute Gasteiger partial charge is 0.493 e. The number of fused-ring (bicyclic) bond motifs is 2.